The molecule has 1 heterocycles. The molecule has 0 saturated heterocycles. The van der Waals surface area contributed by atoms with E-state index >= 15 is 0 Å². The van der Waals surface area contributed by atoms with Gasteiger partial charge in [-0.25, -0.2) is 8.78 Å². The van der Waals surface area contributed by atoms with E-state index in [1.807, 2.05) is 52.1 Å². The number of aromatic nitrogens is 3. The highest BCUT2D eigenvalue weighted by Crippen LogP contribution is 2.59. The summed E-state index contributed by atoms with van der Waals surface area (Å²) in [6, 6.07) is 11.2. The largest absolute Gasteiger partial charge is 0.338 e. The minimum Gasteiger partial charge on any atom is -0.338 e. The summed E-state index contributed by atoms with van der Waals surface area (Å²) in [7, 11) is 1.81. The minimum atomic E-state index is -0.642. The summed E-state index contributed by atoms with van der Waals surface area (Å²) < 4.78 is 30.8. The third kappa shape index (κ3) is 6.08. The Bertz CT molecular complexity index is 1410. The van der Waals surface area contributed by atoms with E-state index in [2.05, 4.69) is 27.3 Å². The number of rotatable bonds is 8. The second-order valence-electron chi connectivity index (χ2n) is 9.88. The predicted molar refractivity (Wildman–Crippen MR) is 152 cm³/mol. The molecule has 1 saturated carbocycles. The molecule has 2 aromatic carbocycles. The Labute approximate surface area is 234 Å². The molecule has 1 aromatic heterocycles. The number of likely N-dealkylation sites (N-methyl/N-ethyl adjacent to an activating group) is 1. The summed E-state index contributed by atoms with van der Waals surface area (Å²) in [5.74, 6) is -0.527. The Kier molecular flexibility index (Phi) is 9.34. The zero-order chi connectivity index (χ0) is 28.8. The lowest BCUT2D eigenvalue weighted by Crippen LogP contribution is -2.29. The number of hydrogen-bond acceptors (Lipinski definition) is 5. The number of carbonyl (C=O) groups is 1. The lowest BCUT2D eigenvalue weighted by atomic mass is 9.92. The second-order valence-corrected chi connectivity index (χ2v) is 9.88. The fourth-order valence-electron chi connectivity index (χ4n) is 5.54. The molecular weight excluding hydrogens is 510 g/mol. The number of fused-ring (bicyclic) bond motifs is 1. The summed E-state index contributed by atoms with van der Waals surface area (Å²) in [6.45, 7) is 8.90. The molecule has 2 aliphatic rings. The quantitative estimate of drug-likeness (QED) is 0.223. The monoisotopic (exact) mass is 546 g/mol. The van der Waals surface area contributed by atoms with Crippen LogP contribution in [-0.4, -0.2) is 45.7 Å². The Morgan fingerprint density at radius 1 is 1.12 bits per heavy atom. The molecular formula is C31H36F2N6O. The molecule has 7 nitrogen and oxygen atoms in total. The van der Waals surface area contributed by atoms with Crippen molar-refractivity contribution in [3.05, 3.63) is 95.1 Å². The topological polar surface area (TPSA) is 75.7 Å². The lowest BCUT2D eigenvalue weighted by Gasteiger charge is -2.24. The summed E-state index contributed by atoms with van der Waals surface area (Å²) in [6.07, 6.45) is 6.91. The van der Waals surface area contributed by atoms with Gasteiger partial charge in [-0.15, -0.1) is 10.2 Å². The fourth-order valence-corrected chi connectivity index (χ4v) is 5.54. The Balaban J connectivity index is 0.00000181. The zero-order valence-electron chi connectivity index (χ0n) is 23.7. The predicted octanol–water partition coefficient (Wildman–Crippen LogP) is 7.13. The van der Waals surface area contributed by atoms with Gasteiger partial charge in [-0.2, -0.15) is 10.2 Å². The number of nitrogens with zero attached hydrogens (tertiary/aromatic N) is 6. The fraction of sp³-hybridized carbons (Fsp3) is 0.387. The van der Waals surface area contributed by atoms with Gasteiger partial charge in [0.2, 0.25) is 0 Å². The summed E-state index contributed by atoms with van der Waals surface area (Å²) in [5.41, 5.74) is 4.02. The number of hydrogen-bond donors (Lipinski definition) is 0. The van der Waals surface area contributed by atoms with Gasteiger partial charge in [0.1, 0.15) is 24.3 Å². The van der Waals surface area contributed by atoms with Gasteiger partial charge in [0.25, 0.3) is 5.91 Å². The highest BCUT2D eigenvalue weighted by molar-refractivity contribution is 5.94. The number of halogens is 2. The van der Waals surface area contributed by atoms with Crippen LogP contribution >= 0.6 is 0 Å². The van der Waals surface area contributed by atoms with Gasteiger partial charge in [-0.05, 0) is 74.8 Å². The molecule has 1 amide bonds. The van der Waals surface area contributed by atoms with Crippen LogP contribution < -0.4 is 0 Å². The van der Waals surface area contributed by atoms with Crippen molar-refractivity contribution in [2.45, 2.75) is 40.5 Å². The standard InChI is InChI=1S/C29H30F2N6O.C2H6/c1-4-32-35-26(28-24(30)9-6-10-25(28)31)14-23-22-12-11-20(18(2)27(22)23)15-36(3)29(38)19-7-5-8-21(13-19)37-16-33-34-17-37;1-2/h5-10,13-14,16-17,22-23,27H,4,11-12,15H2,1-3H3;1-2H3/b26-14-,35-32?;/t22?,23-,27?;/m0./s1. The van der Waals surface area contributed by atoms with Gasteiger partial charge in [-0.3, -0.25) is 9.36 Å². The van der Waals surface area contributed by atoms with Gasteiger partial charge < -0.3 is 4.90 Å². The Morgan fingerprint density at radius 3 is 2.48 bits per heavy atom. The van der Waals surface area contributed by atoms with Crippen LogP contribution in [0.25, 0.3) is 11.4 Å². The molecule has 3 aromatic rings. The molecule has 2 aliphatic carbocycles. The molecule has 0 aliphatic heterocycles. The van der Waals surface area contributed by atoms with Crippen LogP contribution in [0.1, 0.15) is 56.5 Å². The van der Waals surface area contributed by atoms with Crippen molar-refractivity contribution >= 4 is 11.6 Å². The second kappa shape index (κ2) is 12.9. The highest BCUT2D eigenvalue weighted by atomic mass is 19.1. The lowest BCUT2D eigenvalue weighted by molar-refractivity contribution is 0.0805. The van der Waals surface area contributed by atoms with Crippen molar-refractivity contribution in [2.24, 2.45) is 28.0 Å². The van der Waals surface area contributed by atoms with E-state index < -0.39 is 11.6 Å². The highest BCUT2D eigenvalue weighted by Gasteiger charge is 2.52. The molecule has 40 heavy (non-hydrogen) atoms. The first-order valence-electron chi connectivity index (χ1n) is 13.8. The number of carbonyl (C=O) groups excluding carboxylic acids is 1. The van der Waals surface area contributed by atoms with Gasteiger partial charge >= 0.3 is 0 Å². The number of azo groups is 1. The van der Waals surface area contributed by atoms with Crippen LogP contribution in [0.2, 0.25) is 0 Å². The van der Waals surface area contributed by atoms with E-state index in [-0.39, 0.29) is 29.0 Å². The van der Waals surface area contributed by atoms with Crippen molar-refractivity contribution < 1.29 is 13.6 Å². The summed E-state index contributed by atoms with van der Waals surface area (Å²) in [5, 5.41) is 15.9. The van der Waals surface area contributed by atoms with Crippen molar-refractivity contribution in [3.8, 4) is 5.69 Å². The van der Waals surface area contributed by atoms with Crippen LogP contribution in [0.4, 0.5) is 8.78 Å². The third-order valence-electron chi connectivity index (χ3n) is 7.54. The van der Waals surface area contributed by atoms with Gasteiger partial charge in [-0.1, -0.05) is 43.2 Å². The summed E-state index contributed by atoms with van der Waals surface area (Å²) >= 11 is 0. The molecule has 0 radical (unpaired) electrons. The van der Waals surface area contributed by atoms with Crippen molar-refractivity contribution in [3.63, 3.8) is 0 Å². The zero-order valence-corrected chi connectivity index (χ0v) is 23.7. The first kappa shape index (κ1) is 29.0. The minimum absolute atomic E-state index is 0.0631. The van der Waals surface area contributed by atoms with Crippen molar-refractivity contribution in [1.82, 2.24) is 19.7 Å². The normalized spacial score (nSPS) is 20.2. The molecule has 0 spiro atoms. The maximum absolute atomic E-state index is 14.5. The molecule has 2 unspecified atom stereocenters. The first-order chi connectivity index (χ1) is 19.4. The average molecular weight is 547 g/mol. The smallest absolute Gasteiger partial charge is 0.253 e. The molecule has 1 fully saturated rings. The van der Waals surface area contributed by atoms with Crippen molar-refractivity contribution in [1.29, 1.82) is 0 Å². The van der Waals surface area contributed by atoms with E-state index in [9.17, 15) is 13.6 Å². The number of allylic oxidation sites excluding steroid dienone is 2. The van der Waals surface area contributed by atoms with Crippen molar-refractivity contribution in [2.75, 3.05) is 20.1 Å². The molecule has 3 atom stereocenters. The molecule has 9 heteroatoms. The average Bonchev–Trinajstić information content (AvgIpc) is 3.38. The summed E-state index contributed by atoms with van der Waals surface area (Å²) in [4.78, 5) is 15.0. The van der Waals surface area contributed by atoms with Crippen LogP contribution in [0, 0.1) is 29.4 Å². The molecule has 0 bridgehead atoms. The van der Waals surface area contributed by atoms with Crippen LogP contribution in [-0.2, 0) is 0 Å². The molecule has 210 valence electrons. The Hall–Kier alpha value is -4.01. The molecule has 5 rings (SSSR count). The third-order valence-corrected chi connectivity index (χ3v) is 7.54. The molecule has 0 N–H and O–H groups in total. The number of amides is 1. The van der Waals surface area contributed by atoms with Crippen LogP contribution in [0.3, 0.4) is 0 Å². The van der Waals surface area contributed by atoms with Crippen LogP contribution in [0.5, 0.6) is 0 Å². The van der Waals surface area contributed by atoms with Crippen LogP contribution in [0.15, 0.2) is 82.6 Å². The van der Waals surface area contributed by atoms with Gasteiger partial charge in [0, 0.05) is 24.8 Å². The SMILES string of the molecule is CC.CCN=N/C(=C\[C@H]1C2CCC(CN(C)C(=O)c3cccc(-n4cnnc4)c3)=C(C)C21)c1c(F)cccc1F. The first-order valence-corrected chi connectivity index (χ1v) is 13.8. The van der Waals surface area contributed by atoms with E-state index in [0.29, 0.717) is 24.6 Å². The maximum atomic E-state index is 14.5. The number of benzene rings is 2. The van der Waals surface area contributed by atoms with E-state index in [0.717, 1.165) is 18.5 Å². The van der Waals surface area contributed by atoms with Gasteiger partial charge in [0.15, 0.2) is 0 Å². The van der Waals surface area contributed by atoms with E-state index in [1.165, 1.54) is 29.3 Å². The van der Waals surface area contributed by atoms with E-state index in [1.54, 1.807) is 28.2 Å². The van der Waals surface area contributed by atoms with E-state index in [4.69, 9.17) is 0 Å². The Morgan fingerprint density at radius 2 is 1.80 bits per heavy atom. The maximum Gasteiger partial charge on any atom is 0.253 e. The van der Waals surface area contributed by atoms with Gasteiger partial charge in [0.05, 0.1) is 17.8 Å².